The van der Waals surface area contributed by atoms with Crippen molar-refractivity contribution >= 4 is 34.4 Å². The molecule has 2 atom stereocenters. The molecule has 5 heterocycles. The number of fused-ring (bicyclic) bond motifs is 1. The molecule has 5 rings (SSSR count). The highest BCUT2D eigenvalue weighted by Gasteiger charge is 2.16. The molecule has 0 fully saturated rings. The molecule has 0 radical (unpaired) electrons. The monoisotopic (exact) mass is 504 g/mol. The number of aryl methyl sites for hydroxylation is 1. The Kier molecular flexibility index (Phi) is 6.45. The molecular weight excluding hydrogens is 482 g/mol. The molecule has 0 aromatic carbocycles. The number of pyridine rings is 1. The first-order chi connectivity index (χ1) is 17.8. The molecule has 0 spiro atoms. The average Bonchev–Trinajstić information content (AvgIpc) is 3.29. The third kappa shape index (κ3) is 5.52. The second-order valence-corrected chi connectivity index (χ2v) is 8.26. The SMILES string of the molecule is C[C@H](Nc1ccc2c(Nc3cn(C)cn3)nc(N[C@@H](C)c3ncc(F)cn3)nc2n1)c1ncc(F)cn1. The number of imidazole rings is 1. The van der Waals surface area contributed by atoms with Crippen molar-refractivity contribution < 1.29 is 8.78 Å². The fourth-order valence-corrected chi connectivity index (χ4v) is 3.49. The summed E-state index contributed by atoms with van der Waals surface area (Å²) in [5, 5.41) is 10.2. The smallest absolute Gasteiger partial charge is 0.227 e. The fraction of sp³-hybridized carbons (Fsp3) is 0.217. The van der Waals surface area contributed by atoms with Gasteiger partial charge in [-0.2, -0.15) is 9.97 Å². The van der Waals surface area contributed by atoms with Crippen LogP contribution in [0.1, 0.15) is 37.6 Å². The van der Waals surface area contributed by atoms with E-state index in [-0.39, 0.29) is 12.0 Å². The van der Waals surface area contributed by atoms with Gasteiger partial charge in [-0.1, -0.05) is 0 Å². The number of nitrogens with one attached hydrogen (secondary N) is 3. The number of hydrogen-bond donors (Lipinski definition) is 3. The maximum Gasteiger partial charge on any atom is 0.227 e. The van der Waals surface area contributed by atoms with E-state index in [2.05, 4.69) is 55.8 Å². The molecule has 0 amide bonds. The van der Waals surface area contributed by atoms with Crippen LogP contribution in [0.15, 0.2) is 49.4 Å². The Morgan fingerprint density at radius 3 is 1.97 bits per heavy atom. The lowest BCUT2D eigenvalue weighted by Crippen LogP contribution is -2.14. The van der Waals surface area contributed by atoms with Gasteiger partial charge in [0.05, 0.1) is 48.6 Å². The second kappa shape index (κ2) is 10.0. The molecule has 5 aromatic heterocycles. The molecule has 12 nitrogen and oxygen atoms in total. The molecule has 188 valence electrons. The van der Waals surface area contributed by atoms with Gasteiger partial charge in [0.25, 0.3) is 0 Å². The molecule has 3 N–H and O–H groups in total. The number of anilines is 4. The molecule has 5 aromatic rings. The van der Waals surface area contributed by atoms with Gasteiger partial charge in [0.2, 0.25) is 5.95 Å². The van der Waals surface area contributed by atoms with E-state index < -0.39 is 17.7 Å². The summed E-state index contributed by atoms with van der Waals surface area (Å²) in [5.74, 6) is 1.59. The molecule has 0 aliphatic rings. The largest absolute Gasteiger partial charge is 0.360 e. The minimum absolute atomic E-state index is 0.255. The Balaban J connectivity index is 1.47. The van der Waals surface area contributed by atoms with E-state index in [9.17, 15) is 8.78 Å². The van der Waals surface area contributed by atoms with E-state index in [0.29, 0.717) is 40.1 Å². The van der Waals surface area contributed by atoms with Crippen LogP contribution in [0.2, 0.25) is 0 Å². The zero-order valence-electron chi connectivity index (χ0n) is 20.1. The van der Waals surface area contributed by atoms with Gasteiger partial charge < -0.3 is 20.5 Å². The van der Waals surface area contributed by atoms with Gasteiger partial charge in [0.15, 0.2) is 17.3 Å². The highest BCUT2D eigenvalue weighted by molar-refractivity contribution is 5.90. The molecule has 0 aliphatic carbocycles. The first kappa shape index (κ1) is 23.8. The minimum Gasteiger partial charge on any atom is -0.360 e. The summed E-state index contributed by atoms with van der Waals surface area (Å²) in [6.45, 7) is 3.65. The summed E-state index contributed by atoms with van der Waals surface area (Å²) in [6, 6.07) is 2.84. The fourth-order valence-electron chi connectivity index (χ4n) is 3.49. The van der Waals surface area contributed by atoms with E-state index >= 15 is 0 Å². The molecule has 0 aliphatic heterocycles. The molecule has 37 heavy (non-hydrogen) atoms. The minimum atomic E-state index is -0.524. The van der Waals surface area contributed by atoms with E-state index in [1.54, 1.807) is 17.0 Å². The normalized spacial score (nSPS) is 12.8. The Hall–Kier alpha value is -4.88. The number of rotatable bonds is 8. The lowest BCUT2D eigenvalue weighted by atomic mass is 10.2. The standard InChI is InChI=1S/C23H22F2N12/c1-12(19-26-6-14(24)7-27-19)31-17-5-4-16-21(33-17)35-23(32-13(2)20-28-8-15(25)9-29-20)36-22(16)34-18-10-37(3)11-30-18/h4-13H,1-3H3,(H3,31,32,33,34,35,36)/t12-,13-/m0/s1. The molecule has 0 saturated carbocycles. The molecule has 0 unspecified atom stereocenters. The van der Waals surface area contributed by atoms with Crippen LogP contribution in [0.25, 0.3) is 11.0 Å². The van der Waals surface area contributed by atoms with Crippen molar-refractivity contribution in [1.82, 2.24) is 44.4 Å². The zero-order chi connectivity index (χ0) is 25.9. The van der Waals surface area contributed by atoms with E-state index in [1.807, 2.05) is 33.2 Å². The Bertz CT molecular complexity index is 1520. The van der Waals surface area contributed by atoms with Crippen molar-refractivity contribution in [3.63, 3.8) is 0 Å². The number of hydrogen-bond acceptors (Lipinski definition) is 11. The van der Waals surface area contributed by atoms with E-state index in [4.69, 9.17) is 0 Å². The lowest BCUT2D eigenvalue weighted by Gasteiger charge is -2.16. The van der Waals surface area contributed by atoms with Gasteiger partial charge in [-0.3, -0.25) is 0 Å². The maximum atomic E-state index is 13.2. The summed E-state index contributed by atoms with van der Waals surface area (Å²) >= 11 is 0. The van der Waals surface area contributed by atoms with Crippen LogP contribution >= 0.6 is 0 Å². The van der Waals surface area contributed by atoms with Gasteiger partial charge in [-0.05, 0) is 26.0 Å². The highest BCUT2D eigenvalue weighted by atomic mass is 19.1. The van der Waals surface area contributed by atoms with Gasteiger partial charge >= 0.3 is 0 Å². The molecule has 0 bridgehead atoms. The predicted molar refractivity (Wildman–Crippen MR) is 132 cm³/mol. The first-order valence-corrected chi connectivity index (χ1v) is 11.3. The van der Waals surface area contributed by atoms with Gasteiger partial charge in [-0.25, -0.2) is 38.7 Å². The van der Waals surface area contributed by atoms with Crippen molar-refractivity contribution in [3.8, 4) is 0 Å². The first-order valence-electron chi connectivity index (χ1n) is 11.3. The number of nitrogens with zero attached hydrogens (tertiary/aromatic N) is 9. The number of halogens is 2. The van der Waals surface area contributed by atoms with Gasteiger partial charge in [0.1, 0.15) is 29.1 Å². The summed E-state index contributed by atoms with van der Waals surface area (Å²) in [5.41, 5.74) is 0.389. The second-order valence-electron chi connectivity index (χ2n) is 8.26. The molecule has 0 saturated heterocycles. The van der Waals surface area contributed by atoms with Crippen LogP contribution in [0.3, 0.4) is 0 Å². The van der Waals surface area contributed by atoms with Crippen molar-refractivity contribution in [2.45, 2.75) is 25.9 Å². The van der Waals surface area contributed by atoms with Crippen molar-refractivity contribution in [1.29, 1.82) is 0 Å². The molecule has 14 heteroatoms. The summed E-state index contributed by atoms with van der Waals surface area (Å²) in [4.78, 5) is 34.2. The lowest BCUT2D eigenvalue weighted by molar-refractivity contribution is 0.604. The van der Waals surface area contributed by atoms with E-state index in [1.165, 1.54) is 0 Å². The summed E-state index contributed by atoms with van der Waals surface area (Å²) in [6.07, 6.45) is 7.90. The average molecular weight is 505 g/mol. The van der Waals surface area contributed by atoms with Crippen LogP contribution in [-0.4, -0.2) is 44.4 Å². The van der Waals surface area contributed by atoms with Crippen molar-refractivity contribution in [2.75, 3.05) is 16.0 Å². The Morgan fingerprint density at radius 1 is 0.757 bits per heavy atom. The van der Waals surface area contributed by atoms with Crippen LogP contribution in [0, 0.1) is 11.6 Å². The van der Waals surface area contributed by atoms with Gasteiger partial charge in [0, 0.05) is 13.2 Å². The number of aromatic nitrogens is 9. The quantitative estimate of drug-likeness (QED) is 0.284. The maximum absolute atomic E-state index is 13.2. The van der Waals surface area contributed by atoms with Crippen LogP contribution in [0.4, 0.5) is 32.2 Å². The summed E-state index contributed by atoms with van der Waals surface area (Å²) in [7, 11) is 1.86. The predicted octanol–water partition coefficient (Wildman–Crippen LogP) is 3.71. The van der Waals surface area contributed by atoms with Crippen LogP contribution in [-0.2, 0) is 7.05 Å². The summed E-state index contributed by atoms with van der Waals surface area (Å²) < 4.78 is 28.2. The van der Waals surface area contributed by atoms with Gasteiger partial charge in [-0.15, -0.1) is 0 Å². The van der Waals surface area contributed by atoms with Crippen molar-refractivity contribution in [3.05, 3.63) is 72.7 Å². The highest BCUT2D eigenvalue weighted by Crippen LogP contribution is 2.27. The van der Waals surface area contributed by atoms with Crippen LogP contribution in [0.5, 0.6) is 0 Å². The van der Waals surface area contributed by atoms with Crippen molar-refractivity contribution in [2.24, 2.45) is 7.05 Å². The zero-order valence-corrected chi connectivity index (χ0v) is 20.1. The van der Waals surface area contributed by atoms with E-state index in [0.717, 1.165) is 24.8 Å². The van der Waals surface area contributed by atoms with Crippen LogP contribution < -0.4 is 16.0 Å². The third-order valence-corrected chi connectivity index (χ3v) is 5.28. The third-order valence-electron chi connectivity index (χ3n) is 5.28. The Labute approximate surface area is 209 Å². The topological polar surface area (TPSA) is 144 Å². The Morgan fingerprint density at radius 2 is 1.38 bits per heavy atom. The molecular formula is C23H22F2N12.